The van der Waals surface area contributed by atoms with Crippen molar-refractivity contribution in [1.82, 2.24) is 0 Å². The molecule has 0 unspecified atom stereocenters. The van der Waals surface area contributed by atoms with Crippen molar-refractivity contribution in [2.45, 2.75) is 25.7 Å². The third-order valence-electron chi connectivity index (χ3n) is 1.78. The van der Waals surface area contributed by atoms with Crippen LogP contribution in [0.1, 0.15) is 24.4 Å². The van der Waals surface area contributed by atoms with Gasteiger partial charge in [0.1, 0.15) is 11.5 Å². The molecule has 0 saturated carbocycles. The number of fused-ring (bicyclic) bond motifs is 1. The van der Waals surface area contributed by atoms with Gasteiger partial charge in [-0.1, -0.05) is 0 Å². The molecule has 0 bridgehead atoms. The first-order valence-corrected chi connectivity index (χ1v) is 3.48. The zero-order chi connectivity index (χ0) is 6.97. The van der Waals surface area contributed by atoms with Crippen molar-refractivity contribution in [1.29, 1.82) is 0 Å². The molecule has 0 spiro atoms. The lowest BCUT2D eigenvalue weighted by Gasteiger charge is -2.04. The van der Waals surface area contributed by atoms with E-state index in [0.717, 1.165) is 37.2 Å². The highest BCUT2D eigenvalue weighted by molar-refractivity contribution is 5.06. The van der Waals surface area contributed by atoms with Gasteiger partial charge in [0.2, 0.25) is 0 Å². The zero-order valence-electron chi connectivity index (χ0n) is 5.55. The minimum atomic E-state index is -0.549. The second kappa shape index (κ2) is 2.01. The minimum Gasteiger partial charge on any atom is -0.396 e. The van der Waals surface area contributed by atoms with Gasteiger partial charge in [0.25, 0.3) is 0 Å². The molecule has 2 rings (SSSR count). The van der Waals surface area contributed by atoms with Gasteiger partial charge >= 0.3 is 5.82 Å². The zero-order valence-corrected chi connectivity index (χ0v) is 5.55. The topological polar surface area (TPSA) is 43.4 Å². The Kier molecular flexibility index (Phi) is 1.16. The number of hydrogen-bond acceptors (Lipinski definition) is 3. The molecule has 10 heavy (non-hydrogen) atoms. The van der Waals surface area contributed by atoms with Gasteiger partial charge in [0.15, 0.2) is 0 Å². The summed E-state index contributed by atoms with van der Waals surface area (Å²) in [5, 5.41) is 0. The summed E-state index contributed by atoms with van der Waals surface area (Å²) in [5.41, 5.74) is 0. The first-order valence-electron chi connectivity index (χ1n) is 3.48. The standard InChI is InChI=1S/C7H8O3/c8-7-9-5-3-1-2-4-6(5)10-7/h1-4H2. The fourth-order valence-electron chi connectivity index (χ4n) is 1.29. The van der Waals surface area contributed by atoms with Crippen LogP contribution in [0.15, 0.2) is 13.6 Å². The molecule has 0 saturated heterocycles. The molecule has 0 amide bonds. The molecule has 0 fully saturated rings. The van der Waals surface area contributed by atoms with E-state index in [-0.39, 0.29) is 0 Å². The Bertz CT molecular complexity index is 255. The van der Waals surface area contributed by atoms with E-state index < -0.39 is 5.82 Å². The lowest BCUT2D eigenvalue weighted by atomic mass is 10.0. The Hall–Kier alpha value is -0.990. The summed E-state index contributed by atoms with van der Waals surface area (Å²) >= 11 is 0. The Morgan fingerprint density at radius 3 is 2.00 bits per heavy atom. The van der Waals surface area contributed by atoms with Crippen molar-refractivity contribution in [3.05, 3.63) is 22.1 Å². The summed E-state index contributed by atoms with van der Waals surface area (Å²) in [6.07, 6.45) is 3.94. The Morgan fingerprint density at radius 2 is 1.50 bits per heavy atom. The van der Waals surface area contributed by atoms with Crippen LogP contribution in [0.2, 0.25) is 0 Å². The van der Waals surface area contributed by atoms with Gasteiger partial charge in [-0.25, -0.2) is 4.79 Å². The average molecular weight is 140 g/mol. The van der Waals surface area contributed by atoms with E-state index in [1.165, 1.54) is 0 Å². The van der Waals surface area contributed by atoms with E-state index in [9.17, 15) is 4.79 Å². The fraction of sp³-hybridized carbons (Fsp3) is 0.571. The second-order valence-electron chi connectivity index (χ2n) is 2.51. The summed E-state index contributed by atoms with van der Waals surface area (Å²) in [5.74, 6) is 0.972. The molecule has 0 radical (unpaired) electrons. The number of rotatable bonds is 0. The van der Waals surface area contributed by atoms with Crippen LogP contribution in [0, 0.1) is 0 Å². The maximum Gasteiger partial charge on any atom is 0.519 e. The van der Waals surface area contributed by atoms with E-state index in [4.69, 9.17) is 8.83 Å². The van der Waals surface area contributed by atoms with Gasteiger partial charge < -0.3 is 8.83 Å². The fourth-order valence-corrected chi connectivity index (χ4v) is 1.29. The van der Waals surface area contributed by atoms with Crippen LogP contribution in [0.5, 0.6) is 0 Å². The van der Waals surface area contributed by atoms with Gasteiger partial charge in [-0.05, 0) is 12.8 Å². The van der Waals surface area contributed by atoms with Crippen molar-refractivity contribution in [2.24, 2.45) is 0 Å². The van der Waals surface area contributed by atoms with Gasteiger partial charge in [-0.3, -0.25) is 0 Å². The molecule has 1 aliphatic rings. The molecule has 3 nitrogen and oxygen atoms in total. The molecule has 0 atom stereocenters. The average Bonchev–Trinajstić information content (AvgIpc) is 2.27. The van der Waals surface area contributed by atoms with Crippen molar-refractivity contribution in [3.63, 3.8) is 0 Å². The van der Waals surface area contributed by atoms with Crippen LogP contribution in [-0.2, 0) is 12.8 Å². The molecule has 3 heteroatoms. The number of aryl methyl sites for hydroxylation is 2. The van der Waals surface area contributed by atoms with Crippen molar-refractivity contribution >= 4 is 0 Å². The molecule has 0 N–H and O–H groups in total. The second-order valence-corrected chi connectivity index (χ2v) is 2.51. The van der Waals surface area contributed by atoms with Gasteiger partial charge in [0, 0.05) is 12.8 Å². The monoisotopic (exact) mass is 140 g/mol. The van der Waals surface area contributed by atoms with Gasteiger partial charge in [0.05, 0.1) is 0 Å². The normalized spacial score (nSPS) is 16.8. The SMILES string of the molecule is O=c1oc2c(o1)CCCC2. The molecular weight excluding hydrogens is 132 g/mol. The number of hydrogen-bond donors (Lipinski definition) is 0. The minimum absolute atomic E-state index is 0.549. The molecule has 1 heterocycles. The molecule has 0 aromatic carbocycles. The predicted octanol–water partition coefficient (Wildman–Crippen LogP) is 1.11. The summed E-state index contributed by atoms with van der Waals surface area (Å²) < 4.78 is 9.57. The predicted molar refractivity (Wildman–Crippen MR) is 33.9 cm³/mol. The summed E-state index contributed by atoms with van der Waals surface area (Å²) in [4.78, 5) is 10.5. The quantitative estimate of drug-likeness (QED) is 0.542. The molecule has 1 aromatic rings. The summed E-state index contributed by atoms with van der Waals surface area (Å²) in [6.45, 7) is 0. The summed E-state index contributed by atoms with van der Waals surface area (Å²) in [7, 11) is 0. The van der Waals surface area contributed by atoms with Crippen LogP contribution in [0.3, 0.4) is 0 Å². The lowest BCUT2D eigenvalue weighted by molar-refractivity contribution is 0.369. The van der Waals surface area contributed by atoms with Crippen molar-refractivity contribution in [2.75, 3.05) is 0 Å². The Balaban J connectivity index is 2.50. The molecule has 1 aromatic heterocycles. The van der Waals surface area contributed by atoms with Gasteiger partial charge in [-0.15, -0.1) is 0 Å². The van der Waals surface area contributed by atoms with Crippen LogP contribution >= 0.6 is 0 Å². The first-order chi connectivity index (χ1) is 4.86. The van der Waals surface area contributed by atoms with Crippen molar-refractivity contribution < 1.29 is 8.83 Å². The third kappa shape index (κ3) is 0.781. The van der Waals surface area contributed by atoms with Gasteiger partial charge in [-0.2, -0.15) is 0 Å². The highest BCUT2D eigenvalue weighted by Crippen LogP contribution is 2.18. The lowest BCUT2D eigenvalue weighted by Crippen LogP contribution is -1.97. The van der Waals surface area contributed by atoms with Crippen LogP contribution in [-0.4, -0.2) is 0 Å². The molecule has 1 aliphatic carbocycles. The molecule has 0 aliphatic heterocycles. The van der Waals surface area contributed by atoms with Crippen LogP contribution < -0.4 is 5.82 Å². The van der Waals surface area contributed by atoms with Crippen molar-refractivity contribution in [3.8, 4) is 0 Å². The maximum absolute atomic E-state index is 10.5. The third-order valence-corrected chi connectivity index (χ3v) is 1.78. The smallest absolute Gasteiger partial charge is 0.396 e. The highest BCUT2D eigenvalue weighted by Gasteiger charge is 2.15. The van der Waals surface area contributed by atoms with E-state index in [2.05, 4.69) is 0 Å². The van der Waals surface area contributed by atoms with E-state index >= 15 is 0 Å². The van der Waals surface area contributed by atoms with E-state index in [0.29, 0.717) is 0 Å². The Morgan fingerprint density at radius 1 is 1.00 bits per heavy atom. The molecular formula is C7H8O3. The maximum atomic E-state index is 10.5. The van der Waals surface area contributed by atoms with Crippen LogP contribution in [0.25, 0.3) is 0 Å². The Labute approximate surface area is 57.6 Å². The summed E-state index contributed by atoms with van der Waals surface area (Å²) in [6, 6.07) is 0. The highest BCUT2D eigenvalue weighted by atomic mass is 16.6. The van der Waals surface area contributed by atoms with Crippen LogP contribution in [0.4, 0.5) is 0 Å². The molecule has 54 valence electrons. The largest absolute Gasteiger partial charge is 0.519 e. The van der Waals surface area contributed by atoms with E-state index in [1.54, 1.807) is 0 Å². The van der Waals surface area contributed by atoms with E-state index in [1.807, 2.05) is 0 Å². The first kappa shape index (κ1) is 5.77.